The maximum atomic E-state index is 14.0. The minimum Gasteiger partial charge on any atom is -0.211 e. The van der Waals surface area contributed by atoms with Crippen molar-refractivity contribution in [2.24, 2.45) is 0 Å². The lowest BCUT2D eigenvalue weighted by atomic mass is 10.2. The zero-order valence-corrected chi connectivity index (χ0v) is 16.6. The van der Waals surface area contributed by atoms with Gasteiger partial charge in [0.15, 0.2) is 5.82 Å². The van der Waals surface area contributed by atoms with Gasteiger partial charge in [0.25, 0.3) is 0 Å². The first-order valence-electron chi connectivity index (χ1n) is 8.58. The fraction of sp³-hybridized carbons (Fsp3) is 0.158. The molecule has 4 aromatic rings. The molecule has 0 fully saturated rings. The zero-order valence-electron chi connectivity index (χ0n) is 15.0. The molecule has 9 heteroatoms. The fourth-order valence-electron chi connectivity index (χ4n) is 2.83. The quantitative estimate of drug-likeness (QED) is 0.523. The second-order valence-corrected chi connectivity index (χ2v) is 8.90. The molecule has 0 saturated heterocycles. The van der Waals surface area contributed by atoms with Crippen molar-refractivity contribution in [3.63, 3.8) is 0 Å². The van der Waals surface area contributed by atoms with Crippen LogP contribution in [0.2, 0.25) is 0 Å². The lowest BCUT2D eigenvalue weighted by Gasteiger charge is -2.07. The van der Waals surface area contributed by atoms with Crippen molar-refractivity contribution in [2.75, 3.05) is 6.54 Å². The molecule has 0 spiro atoms. The molecular formula is C19H17FN4O2S2. The average molecular weight is 417 g/mol. The van der Waals surface area contributed by atoms with Crippen LogP contribution in [-0.2, 0) is 16.4 Å². The van der Waals surface area contributed by atoms with Gasteiger partial charge < -0.3 is 0 Å². The highest BCUT2D eigenvalue weighted by Crippen LogP contribution is 2.23. The van der Waals surface area contributed by atoms with E-state index in [1.165, 1.54) is 17.4 Å². The minimum absolute atomic E-state index is 0.219. The van der Waals surface area contributed by atoms with Crippen LogP contribution in [0.1, 0.15) is 11.3 Å². The van der Waals surface area contributed by atoms with Gasteiger partial charge in [-0.05, 0) is 36.8 Å². The van der Waals surface area contributed by atoms with Crippen molar-refractivity contribution in [2.45, 2.75) is 18.2 Å². The third-order valence-electron chi connectivity index (χ3n) is 4.24. The first kappa shape index (κ1) is 18.7. The average Bonchev–Trinajstić information content (AvgIpc) is 3.24. The second-order valence-electron chi connectivity index (χ2n) is 6.30. The highest BCUT2D eigenvalue weighted by atomic mass is 32.2. The SMILES string of the molecule is Cc1cccc(S(=O)(=O)NCCc2csc3nc(-c4ccccc4F)nn23)c1. The molecule has 28 heavy (non-hydrogen) atoms. The van der Waals surface area contributed by atoms with Gasteiger partial charge in [0.2, 0.25) is 15.0 Å². The summed E-state index contributed by atoms with van der Waals surface area (Å²) in [5, 5.41) is 6.26. The summed E-state index contributed by atoms with van der Waals surface area (Å²) in [4.78, 5) is 5.25. The van der Waals surface area contributed by atoms with Gasteiger partial charge in [-0.15, -0.1) is 16.4 Å². The molecule has 2 aromatic carbocycles. The molecule has 4 rings (SSSR count). The van der Waals surface area contributed by atoms with Gasteiger partial charge in [0.05, 0.1) is 16.2 Å². The molecule has 0 unspecified atom stereocenters. The van der Waals surface area contributed by atoms with Gasteiger partial charge in [0, 0.05) is 18.3 Å². The summed E-state index contributed by atoms with van der Waals surface area (Å²) in [6.07, 6.45) is 0.436. The lowest BCUT2D eigenvalue weighted by Crippen LogP contribution is -2.26. The monoisotopic (exact) mass is 416 g/mol. The normalized spacial score (nSPS) is 11.9. The molecule has 0 bridgehead atoms. The number of benzene rings is 2. The van der Waals surface area contributed by atoms with E-state index in [-0.39, 0.29) is 17.3 Å². The largest absolute Gasteiger partial charge is 0.240 e. The topological polar surface area (TPSA) is 76.4 Å². The third kappa shape index (κ3) is 3.68. The molecule has 2 heterocycles. The van der Waals surface area contributed by atoms with Crippen LogP contribution in [-0.4, -0.2) is 29.6 Å². The van der Waals surface area contributed by atoms with E-state index in [9.17, 15) is 12.8 Å². The third-order valence-corrected chi connectivity index (χ3v) is 6.56. The highest BCUT2D eigenvalue weighted by Gasteiger charge is 2.16. The molecule has 2 aromatic heterocycles. The molecule has 0 aliphatic heterocycles. The Labute approximate surface area is 165 Å². The van der Waals surface area contributed by atoms with Crippen molar-refractivity contribution in [3.05, 3.63) is 71.0 Å². The molecule has 0 amide bonds. The minimum atomic E-state index is -3.57. The van der Waals surface area contributed by atoms with Crippen LogP contribution in [0.25, 0.3) is 16.3 Å². The molecule has 6 nitrogen and oxygen atoms in total. The predicted octanol–water partition coefficient (Wildman–Crippen LogP) is 3.43. The maximum Gasteiger partial charge on any atom is 0.240 e. The lowest BCUT2D eigenvalue weighted by molar-refractivity contribution is 0.581. The summed E-state index contributed by atoms with van der Waals surface area (Å²) in [6, 6.07) is 13.1. The van der Waals surface area contributed by atoms with Gasteiger partial charge in [0.1, 0.15) is 5.82 Å². The van der Waals surface area contributed by atoms with Crippen molar-refractivity contribution in [1.82, 2.24) is 19.3 Å². The molecule has 0 atom stereocenters. The molecule has 0 saturated carbocycles. The standard InChI is InChI=1S/C19H17FN4O2S2/c1-13-5-4-6-15(11-13)28(25,26)21-10-9-14-12-27-19-22-18(23-24(14)19)16-7-2-3-8-17(16)20/h2-8,11-12,21H,9-10H2,1H3. The Morgan fingerprint density at radius 2 is 2.00 bits per heavy atom. The summed E-state index contributed by atoms with van der Waals surface area (Å²) in [5.41, 5.74) is 2.03. The number of nitrogens with one attached hydrogen (secondary N) is 1. The van der Waals surface area contributed by atoms with E-state index in [4.69, 9.17) is 0 Å². The summed E-state index contributed by atoms with van der Waals surface area (Å²) in [6.45, 7) is 2.07. The Morgan fingerprint density at radius 1 is 1.18 bits per heavy atom. The second kappa shape index (κ2) is 7.42. The van der Waals surface area contributed by atoms with E-state index in [2.05, 4.69) is 14.8 Å². The van der Waals surface area contributed by atoms with Crippen LogP contribution in [0.3, 0.4) is 0 Å². The molecule has 0 aliphatic carbocycles. The van der Waals surface area contributed by atoms with Gasteiger partial charge in [-0.3, -0.25) is 0 Å². The molecular weight excluding hydrogens is 399 g/mol. The number of sulfonamides is 1. The first-order chi connectivity index (χ1) is 13.4. The van der Waals surface area contributed by atoms with Gasteiger partial charge in [-0.1, -0.05) is 24.3 Å². The maximum absolute atomic E-state index is 14.0. The van der Waals surface area contributed by atoms with E-state index in [1.54, 1.807) is 40.9 Å². The van der Waals surface area contributed by atoms with Crippen molar-refractivity contribution in [3.8, 4) is 11.4 Å². The Bertz CT molecular complexity index is 1250. The van der Waals surface area contributed by atoms with E-state index < -0.39 is 10.0 Å². The number of hydrogen-bond acceptors (Lipinski definition) is 5. The van der Waals surface area contributed by atoms with E-state index in [0.29, 0.717) is 22.8 Å². The molecule has 144 valence electrons. The number of aromatic nitrogens is 3. The van der Waals surface area contributed by atoms with Crippen molar-refractivity contribution < 1.29 is 12.8 Å². The molecule has 0 radical (unpaired) electrons. The number of aryl methyl sites for hydroxylation is 1. The fourth-order valence-corrected chi connectivity index (χ4v) is 4.83. The summed E-state index contributed by atoms with van der Waals surface area (Å²) < 4.78 is 43.0. The van der Waals surface area contributed by atoms with E-state index in [1.807, 2.05) is 18.4 Å². The summed E-state index contributed by atoms with van der Waals surface area (Å²) in [5.74, 6) is -0.0697. The smallest absolute Gasteiger partial charge is 0.211 e. The predicted molar refractivity (Wildman–Crippen MR) is 106 cm³/mol. The van der Waals surface area contributed by atoms with Crippen LogP contribution >= 0.6 is 11.3 Å². The van der Waals surface area contributed by atoms with Crippen LogP contribution in [0.5, 0.6) is 0 Å². The number of halogens is 1. The van der Waals surface area contributed by atoms with Crippen LogP contribution in [0.4, 0.5) is 4.39 Å². The zero-order chi connectivity index (χ0) is 19.7. The Morgan fingerprint density at radius 3 is 2.79 bits per heavy atom. The number of nitrogens with zero attached hydrogens (tertiary/aromatic N) is 3. The van der Waals surface area contributed by atoms with Crippen LogP contribution in [0.15, 0.2) is 58.8 Å². The van der Waals surface area contributed by atoms with Gasteiger partial charge in [-0.2, -0.15) is 4.98 Å². The van der Waals surface area contributed by atoms with Crippen LogP contribution in [0, 0.1) is 12.7 Å². The Kier molecular flexibility index (Phi) is 4.96. The van der Waals surface area contributed by atoms with Crippen molar-refractivity contribution in [1.29, 1.82) is 0 Å². The first-order valence-corrected chi connectivity index (χ1v) is 10.9. The highest BCUT2D eigenvalue weighted by molar-refractivity contribution is 7.89. The molecule has 1 N–H and O–H groups in total. The van der Waals surface area contributed by atoms with Gasteiger partial charge >= 0.3 is 0 Å². The number of thiazole rings is 1. The Hall–Kier alpha value is -2.62. The number of fused-ring (bicyclic) bond motifs is 1. The van der Waals surface area contributed by atoms with Crippen molar-refractivity contribution >= 4 is 26.3 Å². The summed E-state index contributed by atoms with van der Waals surface area (Å²) in [7, 11) is -3.57. The number of rotatable bonds is 6. The molecule has 0 aliphatic rings. The van der Waals surface area contributed by atoms with Gasteiger partial charge in [-0.25, -0.2) is 22.0 Å². The van der Waals surface area contributed by atoms with E-state index in [0.717, 1.165) is 11.3 Å². The number of hydrogen-bond donors (Lipinski definition) is 1. The van der Waals surface area contributed by atoms with E-state index >= 15 is 0 Å². The van der Waals surface area contributed by atoms with Crippen LogP contribution < -0.4 is 4.72 Å². The Balaban J connectivity index is 1.51. The summed E-state index contributed by atoms with van der Waals surface area (Å²) >= 11 is 1.38.